The van der Waals surface area contributed by atoms with Gasteiger partial charge in [-0.15, -0.1) is 10.1 Å². The molecule has 1 aromatic heterocycles. The van der Waals surface area contributed by atoms with Crippen molar-refractivity contribution in [3.63, 3.8) is 0 Å². The Morgan fingerprint density at radius 3 is 1.80 bits per heavy atom. The summed E-state index contributed by atoms with van der Waals surface area (Å²) in [4.78, 5) is 37.2. The number of rotatable bonds is 18. The largest absolute Gasteiger partial charge is 0.463 e. The van der Waals surface area contributed by atoms with Crippen LogP contribution in [0.2, 0.25) is 0 Å². The Hall–Kier alpha value is -4.05. The lowest BCUT2D eigenvalue weighted by atomic mass is 9.81. The van der Waals surface area contributed by atoms with Gasteiger partial charge in [0.25, 0.3) is 5.09 Å². The van der Waals surface area contributed by atoms with E-state index >= 15 is 0 Å². The maximum Gasteiger partial charge on any atom is 0.351 e. The SMILES string of the molecule is COC(c1ccccc1)(c1ccccc1)[C@H](Oc1nc(C)cc(C)n1)C(=O)OCCCCCCCCCO[N+](=O)[O-]. The van der Waals surface area contributed by atoms with Crippen molar-refractivity contribution in [2.75, 3.05) is 20.3 Å². The molecule has 3 rings (SSSR count). The highest BCUT2D eigenvalue weighted by atomic mass is 16.9. The van der Waals surface area contributed by atoms with Gasteiger partial charge in [-0.1, -0.05) is 92.8 Å². The number of aromatic nitrogens is 2. The lowest BCUT2D eigenvalue weighted by Crippen LogP contribution is -2.51. The Bertz CT molecular complexity index is 1170. The second-order valence-electron chi connectivity index (χ2n) is 9.80. The van der Waals surface area contributed by atoms with Gasteiger partial charge in [0.05, 0.1) is 13.2 Å². The standard InChI is InChI=1S/C31H39N3O7/c1-24-23-25(2)33-30(32-24)41-28(29(35)39-21-15-7-5-4-6-8-16-22-40-34(36)37)31(38-3,26-17-11-9-12-18-26)27-19-13-10-14-20-27/h9-14,17-20,23,28H,4-8,15-16,21-22H2,1-3H3/t28-/m1/s1. The van der Waals surface area contributed by atoms with Crippen molar-refractivity contribution in [2.45, 2.75) is 70.5 Å². The highest BCUT2D eigenvalue weighted by molar-refractivity contribution is 5.78. The molecule has 0 spiro atoms. The van der Waals surface area contributed by atoms with Crippen LogP contribution in [-0.4, -0.2) is 47.5 Å². The summed E-state index contributed by atoms with van der Waals surface area (Å²) in [5.74, 6) is -0.576. The van der Waals surface area contributed by atoms with E-state index < -0.39 is 22.8 Å². The minimum atomic E-state index is -1.33. The van der Waals surface area contributed by atoms with Crippen molar-refractivity contribution in [3.05, 3.63) is 99.4 Å². The molecule has 2 aromatic carbocycles. The summed E-state index contributed by atoms with van der Waals surface area (Å²) in [6.45, 7) is 4.04. The predicted octanol–water partition coefficient (Wildman–Crippen LogP) is 5.91. The van der Waals surface area contributed by atoms with Crippen LogP contribution in [0, 0.1) is 24.0 Å². The number of hydrogen-bond donors (Lipinski definition) is 0. The molecule has 0 radical (unpaired) electrons. The number of unbranched alkanes of at least 4 members (excludes halogenated alkanes) is 6. The summed E-state index contributed by atoms with van der Waals surface area (Å²) >= 11 is 0. The number of ether oxygens (including phenoxy) is 3. The van der Waals surface area contributed by atoms with E-state index in [1.54, 1.807) is 7.11 Å². The normalized spacial score (nSPS) is 12.0. The Labute approximate surface area is 241 Å². The first kappa shape index (κ1) is 31.5. The summed E-state index contributed by atoms with van der Waals surface area (Å²) < 4.78 is 18.3. The van der Waals surface area contributed by atoms with Gasteiger partial charge in [-0.05, 0) is 43.9 Å². The molecule has 41 heavy (non-hydrogen) atoms. The van der Waals surface area contributed by atoms with E-state index in [1.165, 1.54) is 0 Å². The summed E-state index contributed by atoms with van der Waals surface area (Å²) in [6, 6.07) is 20.8. The quantitative estimate of drug-likeness (QED) is 0.0801. The number of methoxy groups -OCH3 is 1. The van der Waals surface area contributed by atoms with Crippen molar-refractivity contribution in [1.29, 1.82) is 0 Å². The fraction of sp³-hybridized carbons (Fsp3) is 0.452. The Morgan fingerprint density at radius 1 is 0.829 bits per heavy atom. The highest BCUT2D eigenvalue weighted by Gasteiger charge is 2.50. The van der Waals surface area contributed by atoms with Crippen molar-refractivity contribution in [3.8, 4) is 6.01 Å². The van der Waals surface area contributed by atoms with Crippen LogP contribution in [0.3, 0.4) is 0 Å². The van der Waals surface area contributed by atoms with Gasteiger partial charge in [-0.3, -0.25) is 0 Å². The van der Waals surface area contributed by atoms with Gasteiger partial charge in [0.1, 0.15) is 0 Å². The number of benzene rings is 2. The molecule has 0 N–H and O–H groups in total. The molecule has 0 aliphatic carbocycles. The van der Waals surface area contributed by atoms with E-state index in [1.807, 2.05) is 80.6 Å². The van der Waals surface area contributed by atoms with Crippen LogP contribution in [-0.2, 0) is 24.7 Å². The van der Waals surface area contributed by atoms with Gasteiger partial charge < -0.3 is 19.0 Å². The molecular formula is C31H39N3O7. The monoisotopic (exact) mass is 565 g/mol. The Morgan fingerprint density at radius 2 is 1.32 bits per heavy atom. The van der Waals surface area contributed by atoms with Crippen molar-refractivity contribution in [2.24, 2.45) is 0 Å². The van der Waals surface area contributed by atoms with E-state index in [0.717, 1.165) is 43.2 Å². The maximum absolute atomic E-state index is 13.8. The third-order valence-electron chi connectivity index (χ3n) is 6.73. The molecule has 0 saturated heterocycles. The molecule has 220 valence electrons. The summed E-state index contributed by atoms with van der Waals surface area (Å²) in [5, 5.41) is 9.42. The van der Waals surface area contributed by atoms with Gasteiger partial charge in [-0.25, -0.2) is 14.8 Å². The number of aryl methyl sites for hydroxylation is 2. The van der Waals surface area contributed by atoms with Gasteiger partial charge in [-0.2, -0.15) is 0 Å². The van der Waals surface area contributed by atoms with Crippen LogP contribution in [0.4, 0.5) is 0 Å². The highest BCUT2D eigenvalue weighted by Crippen LogP contribution is 2.39. The van der Waals surface area contributed by atoms with Gasteiger partial charge in [0, 0.05) is 18.5 Å². The number of esters is 1. The smallest absolute Gasteiger partial charge is 0.351 e. The van der Waals surface area contributed by atoms with Crippen LogP contribution in [0.1, 0.15) is 67.5 Å². The first-order chi connectivity index (χ1) is 19.9. The zero-order valence-electron chi connectivity index (χ0n) is 24.0. The van der Waals surface area contributed by atoms with Gasteiger partial charge >= 0.3 is 12.0 Å². The number of nitrogens with zero attached hydrogens (tertiary/aromatic N) is 3. The predicted molar refractivity (Wildman–Crippen MR) is 153 cm³/mol. The first-order valence-electron chi connectivity index (χ1n) is 14.0. The lowest BCUT2D eigenvalue weighted by molar-refractivity contribution is -0.757. The van der Waals surface area contributed by atoms with E-state index in [2.05, 4.69) is 14.8 Å². The van der Waals surface area contributed by atoms with Crippen LogP contribution < -0.4 is 4.74 Å². The minimum absolute atomic E-state index is 0.0707. The first-order valence-corrected chi connectivity index (χ1v) is 14.0. The Balaban J connectivity index is 1.73. The van der Waals surface area contributed by atoms with Crippen LogP contribution in [0.25, 0.3) is 0 Å². The molecule has 0 aliphatic heterocycles. The maximum atomic E-state index is 13.8. The molecule has 0 fully saturated rings. The van der Waals surface area contributed by atoms with Crippen LogP contribution in [0.15, 0.2) is 66.7 Å². The van der Waals surface area contributed by atoms with Crippen molar-refractivity contribution >= 4 is 5.97 Å². The molecule has 0 bridgehead atoms. The van der Waals surface area contributed by atoms with Crippen molar-refractivity contribution in [1.82, 2.24) is 9.97 Å². The molecule has 0 unspecified atom stereocenters. The number of hydrogen-bond acceptors (Lipinski definition) is 9. The third kappa shape index (κ3) is 9.24. The summed E-state index contributed by atoms with van der Waals surface area (Å²) in [6.07, 6.45) is 4.82. The third-order valence-corrected chi connectivity index (χ3v) is 6.73. The summed E-state index contributed by atoms with van der Waals surface area (Å²) in [7, 11) is 1.55. The van der Waals surface area contributed by atoms with E-state index in [4.69, 9.17) is 14.2 Å². The zero-order valence-corrected chi connectivity index (χ0v) is 24.0. The van der Waals surface area contributed by atoms with Crippen molar-refractivity contribution < 1.29 is 28.9 Å². The molecule has 3 aromatic rings. The average Bonchev–Trinajstić information content (AvgIpc) is 2.96. The molecule has 0 aliphatic rings. The topological polar surface area (TPSA) is 123 Å². The molecular weight excluding hydrogens is 526 g/mol. The van der Waals surface area contributed by atoms with E-state index in [9.17, 15) is 14.9 Å². The van der Waals surface area contributed by atoms with Gasteiger partial charge in [0.2, 0.25) is 6.10 Å². The molecule has 0 amide bonds. The van der Waals surface area contributed by atoms with E-state index in [0.29, 0.717) is 24.2 Å². The van der Waals surface area contributed by atoms with Crippen LogP contribution >= 0.6 is 0 Å². The second kappa shape index (κ2) is 16.3. The zero-order chi connectivity index (χ0) is 29.5. The number of carbonyl (C=O) groups is 1. The molecule has 10 nitrogen and oxygen atoms in total. The molecule has 1 atom stereocenters. The van der Waals surface area contributed by atoms with Gasteiger partial charge in [0.15, 0.2) is 5.60 Å². The Kier molecular flexibility index (Phi) is 12.5. The molecule has 1 heterocycles. The fourth-order valence-electron chi connectivity index (χ4n) is 4.81. The summed E-state index contributed by atoms with van der Waals surface area (Å²) in [5.41, 5.74) is 1.55. The second-order valence-corrected chi connectivity index (χ2v) is 9.80. The van der Waals surface area contributed by atoms with E-state index in [-0.39, 0.29) is 19.2 Å². The number of carbonyl (C=O) groups excluding carboxylic acids is 1. The fourth-order valence-corrected chi connectivity index (χ4v) is 4.81. The minimum Gasteiger partial charge on any atom is -0.463 e. The lowest BCUT2D eigenvalue weighted by Gasteiger charge is -2.38. The molecule has 0 saturated carbocycles. The molecule has 10 heteroatoms. The average molecular weight is 566 g/mol. The van der Waals surface area contributed by atoms with Crippen LogP contribution in [0.5, 0.6) is 6.01 Å².